The van der Waals surface area contributed by atoms with Gasteiger partial charge in [-0.25, -0.2) is 4.79 Å². The average Bonchev–Trinajstić information content (AvgIpc) is 3.43. The number of methoxy groups -OCH3 is 2. The van der Waals surface area contributed by atoms with Gasteiger partial charge in [-0.05, 0) is 47.0 Å². The summed E-state index contributed by atoms with van der Waals surface area (Å²) in [6.45, 7) is 0.193. The Balaban J connectivity index is 1.52. The van der Waals surface area contributed by atoms with Crippen LogP contribution in [0.15, 0.2) is 113 Å². The Morgan fingerprint density at radius 1 is 0.789 bits per heavy atom. The number of hydrogen-bond acceptors (Lipinski definition) is 6. The number of benzene rings is 3. The van der Waals surface area contributed by atoms with Gasteiger partial charge in [0.05, 0.1) is 20.8 Å². The van der Waals surface area contributed by atoms with Crippen LogP contribution in [0.1, 0.15) is 22.9 Å². The van der Waals surface area contributed by atoms with Crippen molar-refractivity contribution < 1.29 is 18.9 Å². The third-order valence-corrected chi connectivity index (χ3v) is 6.57. The molecule has 0 spiro atoms. The highest BCUT2D eigenvalue weighted by Crippen LogP contribution is 2.42. The minimum absolute atomic E-state index is 0.193. The SMILES string of the molecule is COc1ccc(C(OC[C@@H]2C=C[C@H](n3ccc(=O)[nH]c3=O)O2)(c2ccccc2)c2ccc(OC)cc2)cc1. The van der Waals surface area contributed by atoms with Crippen molar-refractivity contribution in [1.82, 2.24) is 9.55 Å². The molecule has 1 N–H and O–H groups in total. The molecule has 38 heavy (non-hydrogen) atoms. The summed E-state index contributed by atoms with van der Waals surface area (Å²) in [5.41, 5.74) is 0.772. The fourth-order valence-corrected chi connectivity index (χ4v) is 4.65. The molecule has 0 aliphatic carbocycles. The minimum Gasteiger partial charge on any atom is -0.497 e. The van der Waals surface area contributed by atoms with Crippen molar-refractivity contribution >= 4 is 0 Å². The lowest BCUT2D eigenvalue weighted by Gasteiger charge is -2.36. The van der Waals surface area contributed by atoms with E-state index < -0.39 is 29.2 Å². The maximum Gasteiger partial charge on any atom is 0.330 e. The molecule has 4 aromatic rings. The predicted molar refractivity (Wildman–Crippen MR) is 143 cm³/mol. The van der Waals surface area contributed by atoms with Gasteiger partial charge in [-0.2, -0.15) is 0 Å². The molecule has 3 aromatic carbocycles. The summed E-state index contributed by atoms with van der Waals surface area (Å²) in [5.74, 6) is 1.48. The lowest BCUT2D eigenvalue weighted by molar-refractivity contribution is -0.0685. The summed E-state index contributed by atoms with van der Waals surface area (Å²) in [4.78, 5) is 26.0. The molecular formula is C30H28N2O6. The van der Waals surface area contributed by atoms with Crippen molar-refractivity contribution in [2.45, 2.75) is 17.9 Å². The lowest BCUT2D eigenvalue weighted by atomic mass is 9.80. The van der Waals surface area contributed by atoms with E-state index in [1.54, 1.807) is 20.3 Å². The zero-order valence-corrected chi connectivity index (χ0v) is 21.1. The molecule has 8 nitrogen and oxygen atoms in total. The molecule has 2 atom stereocenters. The van der Waals surface area contributed by atoms with Crippen LogP contribution >= 0.6 is 0 Å². The lowest BCUT2D eigenvalue weighted by Crippen LogP contribution is -2.36. The third kappa shape index (κ3) is 4.91. The first-order valence-corrected chi connectivity index (χ1v) is 12.2. The van der Waals surface area contributed by atoms with Crippen molar-refractivity contribution in [3.8, 4) is 11.5 Å². The van der Waals surface area contributed by atoms with Gasteiger partial charge in [0.25, 0.3) is 5.56 Å². The number of nitrogens with zero attached hydrogens (tertiary/aromatic N) is 1. The molecule has 8 heteroatoms. The molecule has 0 saturated carbocycles. The average molecular weight is 513 g/mol. The molecule has 0 fully saturated rings. The first-order chi connectivity index (χ1) is 18.5. The third-order valence-electron chi connectivity index (χ3n) is 6.57. The molecule has 0 amide bonds. The van der Waals surface area contributed by atoms with Gasteiger partial charge in [-0.15, -0.1) is 0 Å². The van der Waals surface area contributed by atoms with Crippen LogP contribution in [0, 0.1) is 0 Å². The van der Waals surface area contributed by atoms with Crippen molar-refractivity contribution in [2.24, 2.45) is 0 Å². The second-order valence-corrected chi connectivity index (χ2v) is 8.78. The standard InChI is InChI=1S/C30H28N2O6/c1-35-24-12-8-22(9-13-24)30(21-6-4-3-5-7-21,23-10-14-25(36-2)15-11-23)37-20-26-16-17-28(38-26)32-19-18-27(33)31-29(32)34/h3-19,26,28H,20H2,1-2H3,(H,31,33,34)/t26-,28+/m0/s1. The van der Waals surface area contributed by atoms with Crippen molar-refractivity contribution in [3.05, 3.63) is 141 Å². The number of ether oxygens (including phenoxy) is 4. The molecule has 1 aliphatic heterocycles. The summed E-state index contributed by atoms with van der Waals surface area (Å²) < 4.78 is 25.1. The Labute approximate surface area is 219 Å². The molecule has 1 aromatic heterocycles. The van der Waals surface area contributed by atoms with E-state index in [0.717, 1.165) is 28.2 Å². The van der Waals surface area contributed by atoms with Gasteiger partial charge in [0.1, 0.15) is 23.2 Å². The maximum absolute atomic E-state index is 12.3. The molecule has 0 unspecified atom stereocenters. The van der Waals surface area contributed by atoms with Crippen LogP contribution in [-0.2, 0) is 15.1 Å². The van der Waals surface area contributed by atoms with Gasteiger partial charge >= 0.3 is 5.69 Å². The largest absolute Gasteiger partial charge is 0.497 e. The molecule has 0 radical (unpaired) electrons. The van der Waals surface area contributed by atoms with Gasteiger partial charge < -0.3 is 18.9 Å². The van der Waals surface area contributed by atoms with E-state index >= 15 is 0 Å². The highest BCUT2D eigenvalue weighted by molar-refractivity contribution is 5.49. The van der Waals surface area contributed by atoms with Crippen LogP contribution in [0.5, 0.6) is 11.5 Å². The first-order valence-electron chi connectivity index (χ1n) is 12.2. The fourth-order valence-electron chi connectivity index (χ4n) is 4.65. The fraction of sp³-hybridized carbons (Fsp3) is 0.200. The summed E-state index contributed by atoms with van der Waals surface area (Å²) in [6, 6.07) is 26.9. The van der Waals surface area contributed by atoms with E-state index in [4.69, 9.17) is 18.9 Å². The zero-order chi connectivity index (χ0) is 26.5. The minimum atomic E-state index is -0.982. The Morgan fingerprint density at radius 2 is 1.37 bits per heavy atom. The van der Waals surface area contributed by atoms with Crippen molar-refractivity contribution in [3.63, 3.8) is 0 Å². The molecule has 0 bridgehead atoms. The van der Waals surface area contributed by atoms with E-state index in [0.29, 0.717) is 0 Å². The number of rotatable bonds is 9. The van der Waals surface area contributed by atoms with Gasteiger partial charge in [0.15, 0.2) is 6.23 Å². The molecule has 1 aliphatic rings. The van der Waals surface area contributed by atoms with Crippen LogP contribution in [0.4, 0.5) is 0 Å². The van der Waals surface area contributed by atoms with Crippen LogP contribution in [0.3, 0.4) is 0 Å². The van der Waals surface area contributed by atoms with E-state index in [2.05, 4.69) is 4.98 Å². The van der Waals surface area contributed by atoms with Gasteiger partial charge in [0, 0.05) is 12.3 Å². The zero-order valence-electron chi connectivity index (χ0n) is 21.1. The Kier molecular flexibility index (Phi) is 7.26. The first kappa shape index (κ1) is 25.3. The van der Waals surface area contributed by atoms with E-state index in [1.807, 2.05) is 84.9 Å². The molecule has 2 heterocycles. The molecular weight excluding hydrogens is 484 g/mol. The second-order valence-electron chi connectivity index (χ2n) is 8.78. The summed E-state index contributed by atoms with van der Waals surface area (Å²) in [6.07, 6.45) is 3.97. The van der Waals surface area contributed by atoms with Gasteiger partial charge in [-0.1, -0.05) is 60.7 Å². The predicted octanol–water partition coefficient (Wildman–Crippen LogP) is 4.02. The Morgan fingerprint density at radius 3 is 1.92 bits per heavy atom. The number of aromatic amines is 1. The number of H-pyrrole nitrogens is 1. The van der Waals surface area contributed by atoms with Crippen LogP contribution in [0.25, 0.3) is 0 Å². The van der Waals surface area contributed by atoms with Gasteiger partial charge in [0.2, 0.25) is 0 Å². The van der Waals surface area contributed by atoms with Crippen LogP contribution in [0.2, 0.25) is 0 Å². The smallest absolute Gasteiger partial charge is 0.330 e. The number of aromatic nitrogens is 2. The Hall–Kier alpha value is -4.40. The second kappa shape index (κ2) is 10.9. The van der Waals surface area contributed by atoms with Crippen LogP contribution < -0.4 is 20.7 Å². The molecule has 194 valence electrons. The number of nitrogens with one attached hydrogen (secondary N) is 1. The number of hydrogen-bond donors (Lipinski definition) is 1. The molecule has 5 rings (SSSR count). The highest BCUT2D eigenvalue weighted by atomic mass is 16.6. The van der Waals surface area contributed by atoms with E-state index in [-0.39, 0.29) is 6.61 Å². The maximum atomic E-state index is 12.3. The van der Waals surface area contributed by atoms with Gasteiger partial charge in [-0.3, -0.25) is 14.3 Å². The topological polar surface area (TPSA) is 91.8 Å². The Bertz CT molecular complexity index is 1460. The summed E-state index contributed by atoms with van der Waals surface area (Å²) in [7, 11) is 3.26. The van der Waals surface area contributed by atoms with Crippen molar-refractivity contribution in [2.75, 3.05) is 20.8 Å². The summed E-state index contributed by atoms with van der Waals surface area (Å²) >= 11 is 0. The highest BCUT2D eigenvalue weighted by Gasteiger charge is 2.39. The van der Waals surface area contributed by atoms with Crippen molar-refractivity contribution in [1.29, 1.82) is 0 Å². The summed E-state index contributed by atoms with van der Waals surface area (Å²) in [5, 5.41) is 0. The normalized spacial score (nSPS) is 16.9. The van der Waals surface area contributed by atoms with E-state index in [9.17, 15) is 9.59 Å². The monoisotopic (exact) mass is 512 g/mol. The molecule has 0 saturated heterocycles. The quantitative estimate of drug-likeness (QED) is 0.269. The van der Waals surface area contributed by atoms with E-state index in [1.165, 1.54) is 16.8 Å². The van der Waals surface area contributed by atoms with Crippen LogP contribution in [-0.4, -0.2) is 36.5 Å².